The van der Waals surface area contributed by atoms with E-state index in [-0.39, 0.29) is 0 Å². The second-order valence-electron chi connectivity index (χ2n) is 4.44. The highest BCUT2D eigenvalue weighted by Crippen LogP contribution is 2.37. The zero-order valence-corrected chi connectivity index (χ0v) is 10.3. The third-order valence-corrected chi connectivity index (χ3v) is 3.41. The maximum atomic E-state index is 9.25. The van der Waals surface area contributed by atoms with Crippen LogP contribution in [-0.4, -0.2) is 21.8 Å². The quantitative estimate of drug-likeness (QED) is 0.397. The van der Waals surface area contributed by atoms with E-state index >= 15 is 0 Å². The molecule has 94 valence electrons. The zero-order valence-electron chi connectivity index (χ0n) is 10.3. The van der Waals surface area contributed by atoms with Crippen LogP contribution in [0.15, 0.2) is 52.8 Å². The van der Waals surface area contributed by atoms with Crippen molar-refractivity contribution in [2.75, 3.05) is 0 Å². The average molecular weight is 252 g/mol. The molecule has 0 bridgehead atoms. The molecule has 4 nitrogen and oxygen atoms in total. The Bertz CT molecular complexity index is 718. The molecule has 0 spiro atoms. The third kappa shape index (κ3) is 1.61. The Kier molecular flexibility index (Phi) is 2.56. The van der Waals surface area contributed by atoms with Crippen LogP contribution in [0.25, 0.3) is 11.1 Å². The molecule has 4 heteroatoms. The van der Waals surface area contributed by atoms with E-state index in [1.165, 1.54) is 0 Å². The fourth-order valence-corrected chi connectivity index (χ4v) is 2.44. The van der Waals surface area contributed by atoms with E-state index in [2.05, 4.69) is 10.3 Å². The molecule has 19 heavy (non-hydrogen) atoms. The minimum atomic E-state index is 0.524. The lowest BCUT2D eigenvalue weighted by Gasteiger charge is -2.03. The molecule has 3 rings (SSSR count). The molecular weight excluding hydrogens is 240 g/mol. The van der Waals surface area contributed by atoms with Crippen LogP contribution in [0.3, 0.4) is 0 Å². The lowest BCUT2D eigenvalue weighted by molar-refractivity contribution is 0.319. The van der Waals surface area contributed by atoms with Crippen LogP contribution in [0.5, 0.6) is 0 Å². The number of rotatable bonds is 1. The van der Waals surface area contributed by atoms with Crippen LogP contribution in [0.1, 0.15) is 23.6 Å². The van der Waals surface area contributed by atoms with Gasteiger partial charge in [0.05, 0.1) is 5.71 Å². The molecule has 2 aromatic rings. The SMILES string of the molecule is C/C(=N/O)c1ccc2c(c1)/C(=N\O)c1ccccc1-2. The molecule has 0 saturated carbocycles. The molecule has 0 amide bonds. The molecule has 2 aromatic carbocycles. The Balaban J connectivity index is 2.27. The molecule has 0 atom stereocenters. The second kappa shape index (κ2) is 4.24. The van der Waals surface area contributed by atoms with Crippen molar-refractivity contribution < 1.29 is 10.4 Å². The summed E-state index contributed by atoms with van der Waals surface area (Å²) in [5.74, 6) is 0. The number of benzene rings is 2. The van der Waals surface area contributed by atoms with Gasteiger partial charge >= 0.3 is 0 Å². The predicted octanol–water partition coefficient (Wildman–Crippen LogP) is 3.09. The number of oxime groups is 2. The highest BCUT2D eigenvalue weighted by molar-refractivity contribution is 6.24. The molecule has 1 aliphatic rings. The summed E-state index contributed by atoms with van der Waals surface area (Å²) in [7, 11) is 0. The summed E-state index contributed by atoms with van der Waals surface area (Å²) in [6.45, 7) is 1.72. The van der Waals surface area contributed by atoms with Crippen molar-refractivity contribution in [3.63, 3.8) is 0 Å². The van der Waals surface area contributed by atoms with E-state index < -0.39 is 0 Å². The summed E-state index contributed by atoms with van der Waals surface area (Å²) in [5, 5.41) is 24.7. The summed E-state index contributed by atoms with van der Waals surface area (Å²) in [6.07, 6.45) is 0. The van der Waals surface area contributed by atoms with E-state index in [9.17, 15) is 5.21 Å². The normalized spacial score (nSPS) is 15.4. The number of hydrogen-bond acceptors (Lipinski definition) is 4. The highest BCUT2D eigenvalue weighted by atomic mass is 16.4. The van der Waals surface area contributed by atoms with Gasteiger partial charge in [-0.25, -0.2) is 0 Å². The molecule has 0 aromatic heterocycles. The van der Waals surface area contributed by atoms with Crippen molar-refractivity contribution in [3.05, 3.63) is 59.2 Å². The summed E-state index contributed by atoms with van der Waals surface area (Å²) in [5.41, 5.74) is 5.72. The fourth-order valence-electron chi connectivity index (χ4n) is 2.44. The van der Waals surface area contributed by atoms with Crippen LogP contribution in [0, 0.1) is 0 Å². The van der Waals surface area contributed by atoms with Gasteiger partial charge in [0.1, 0.15) is 5.71 Å². The smallest absolute Gasteiger partial charge is 0.118 e. The first-order chi connectivity index (χ1) is 9.26. The Morgan fingerprint density at radius 1 is 0.895 bits per heavy atom. The van der Waals surface area contributed by atoms with Crippen LogP contribution >= 0.6 is 0 Å². The zero-order chi connectivity index (χ0) is 13.4. The average Bonchev–Trinajstić information content (AvgIpc) is 2.79. The van der Waals surface area contributed by atoms with Gasteiger partial charge in [0, 0.05) is 11.1 Å². The molecule has 0 heterocycles. The minimum absolute atomic E-state index is 0.524. The largest absolute Gasteiger partial charge is 0.411 e. The van der Waals surface area contributed by atoms with E-state index in [1.54, 1.807) is 6.92 Å². The Labute approximate surface area is 110 Å². The van der Waals surface area contributed by atoms with Gasteiger partial charge in [0.25, 0.3) is 0 Å². The third-order valence-electron chi connectivity index (χ3n) is 3.41. The predicted molar refractivity (Wildman–Crippen MR) is 73.3 cm³/mol. The van der Waals surface area contributed by atoms with Crippen LogP contribution in [-0.2, 0) is 0 Å². The molecule has 0 aliphatic heterocycles. The first kappa shape index (κ1) is 11.5. The molecule has 0 radical (unpaired) electrons. The molecular formula is C15H12N2O2. The second-order valence-corrected chi connectivity index (χ2v) is 4.44. The van der Waals surface area contributed by atoms with Gasteiger partial charge in [-0.05, 0) is 29.7 Å². The van der Waals surface area contributed by atoms with Gasteiger partial charge < -0.3 is 10.4 Å². The van der Waals surface area contributed by atoms with Crippen molar-refractivity contribution in [1.82, 2.24) is 0 Å². The van der Waals surface area contributed by atoms with Gasteiger partial charge in [-0.15, -0.1) is 0 Å². The van der Waals surface area contributed by atoms with Crippen molar-refractivity contribution in [2.45, 2.75) is 6.92 Å². The standard InChI is InChI=1S/C15H12N2O2/c1-9(16-18)10-6-7-12-11-4-2-3-5-13(11)15(17-19)14(12)8-10/h2-8,18-19H,1H3/b16-9-,17-15-. The van der Waals surface area contributed by atoms with Crippen molar-refractivity contribution in [3.8, 4) is 11.1 Å². The van der Waals surface area contributed by atoms with Crippen LogP contribution < -0.4 is 0 Å². The molecule has 0 unspecified atom stereocenters. The number of hydrogen-bond donors (Lipinski definition) is 2. The van der Waals surface area contributed by atoms with E-state index in [4.69, 9.17) is 5.21 Å². The van der Waals surface area contributed by atoms with Crippen molar-refractivity contribution >= 4 is 11.4 Å². The lowest BCUT2D eigenvalue weighted by atomic mass is 10.0. The highest BCUT2D eigenvalue weighted by Gasteiger charge is 2.25. The molecule has 0 saturated heterocycles. The molecule has 0 fully saturated rings. The van der Waals surface area contributed by atoms with Gasteiger partial charge in [-0.3, -0.25) is 0 Å². The topological polar surface area (TPSA) is 65.2 Å². The van der Waals surface area contributed by atoms with Crippen LogP contribution in [0.4, 0.5) is 0 Å². The van der Waals surface area contributed by atoms with Gasteiger partial charge in [-0.2, -0.15) is 0 Å². The monoisotopic (exact) mass is 252 g/mol. The summed E-state index contributed by atoms with van der Waals surface area (Å²) in [4.78, 5) is 0. The Morgan fingerprint density at radius 3 is 2.26 bits per heavy atom. The van der Waals surface area contributed by atoms with Crippen LogP contribution in [0.2, 0.25) is 0 Å². The number of nitrogens with zero attached hydrogens (tertiary/aromatic N) is 2. The molecule has 2 N–H and O–H groups in total. The van der Waals surface area contributed by atoms with Crippen molar-refractivity contribution in [1.29, 1.82) is 0 Å². The Hall–Kier alpha value is -2.62. The van der Waals surface area contributed by atoms with E-state index in [0.29, 0.717) is 11.4 Å². The maximum Gasteiger partial charge on any atom is 0.118 e. The number of fused-ring (bicyclic) bond motifs is 3. The van der Waals surface area contributed by atoms with Gasteiger partial charge in [0.2, 0.25) is 0 Å². The Morgan fingerprint density at radius 2 is 1.58 bits per heavy atom. The first-order valence-electron chi connectivity index (χ1n) is 5.91. The summed E-state index contributed by atoms with van der Waals surface area (Å²) >= 11 is 0. The van der Waals surface area contributed by atoms with Gasteiger partial charge in [0.15, 0.2) is 0 Å². The maximum absolute atomic E-state index is 9.25. The molecule has 1 aliphatic carbocycles. The summed E-state index contributed by atoms with van der Waals surface area (Å²) < 4.78 is 0. The lowest BCUT2D eigenvalue weighted by Crippen LogP contribution is -2.01. The summed E-state index contributed by atoms with van der Waals surface area (Å²) in [6, 6.07) is 13.5. The van der Waals surface area contributed by atoms with Gasteiger partial charge in [-0.1, -0.05) is 46.7 Å². The fraction of sp³-hybridized carbons (Fsp3) is 0.0667. The van der Waals surface area contributed by atoms with E-state index in [0.717, 1.165) is 27.8 Å². The van der Waals surface area contributed by atoms with Crippen molar-refractivity contribution in [2.24, 2.45) is 10.3 Å². The van der Waals surface area contributed by atoms with E-state index in [1.807, 2.05) is 42.5 Å². The minimum Gasteiger partial charge on any atom is -0.411 e. The first-order valence-corrected chi connectivity index (χ1v) is 5.91.